The molecule has 1 nitrogen and oxygen atoms in total. The van der Waals surface area contributed by atoms with Crippen molar-refractivity contribution in [3.8, 4) is 0 Å². The van der Waals surface area contributed by atoms with Gasteiger partial charge in [0.25, 0.3) is 0 Å². The molecule has 78 valence electrons. The summed E-state index contributed by atoms with van der Waals surface area (Å²) in [6, 6.07) is 3.20. The summed E-state index contributed by atoms with van der Waals surface area (Å²) in [5, 5.41) is 0. The van der Waals surface area contributed by atoms with Gasteiger partial charge in [-0.25, -0.2) is 4.39 Å². The van der Waals surface area contributed by atoms with Crippen LogP contribution < -0.4 is 5.73 Å². The largest absolute Gasteiger partial charge is 0.398 e. The highest BCUT2D eigenvalue weighted by atomic mass is 32.2. The minimum absolute atomic E-state index is 0.0173. The van der Waals surface area contributed by atoms with Crippen LogP contribution in [0.1, 0.15) is 26.3 Å². The average molecular weight is 213 g/mol. The zero-order valence-corrected chi connectivity index (χ0v) is 9.83. The van der Waals surface area contributed by atoms with E-state index in [1.807, 2.05) is 6.92 Å². The van der Waals surface area contributed by atoms with Crippen LogP contribution in [-0.2, 0) is 0 Å². The lowest BCUT2D eigenvalue weighted by molar-refractivity contribution is 0.600. The van der Waals surface area contributed by atoms with Gasteiger partial charge in [-0.15, -0.1) is 11.8 Å². The summed E-state index contributed by atoms with van der Waals surface area (Å²) >= 11 is 1.52. The normalized spacial score (nSPS) is 11.8. The minimum atomic E-state index is -0.229. The zero-order chi connectivity index (χ0) is 10.9. The van der Waals surface area contributed by atoms with Crippen LogP contribution in [0.4, 0.5) is 10.1 Å². The van der Waals surface area contributed by atoms with E-state index in [9.17, 15) is 4.39 Å². The zero-order valence-electron chi connectivity index (χ0n) is 9.02. The first-order valence-corrected chi connectivity index (χ1v) is 5.36. The number of halogens is 1. The predicted molar refractivity (Wildman–Crippen MR) is 61.2 cm³/mol. The molecule has 0 saturated carbocycles. The van der Waals surface area contributed by atoms with Gasteiger partial charge in [0.05, 0.1) is 0 Å². The highest BCUT2D eigenvalue weighted by Crippen LogP contribution is 2.35. The van der Waals surface area contributed by atoms with E-state index in [2.05, 4.69) is 20.8 Å². The van der Waals surface area contributed by atoms with Crippen molar-refractivity contribution < 1.29 is 4.39 Å². The highest BCUT2D eigenvalue weighted by Gasteiger charge is 2.15. The van der Waals surface area contributed by atoms with Crippen molar-refractivity contribution in [1.82, 2.24) is 0 Å². The molecular formula is C11H16FNS. The maximum atomic E-state index is 13.5. The molecule has 0 aliphatic rings. The maximum Gasteiger partial charge on any atom is 0.138 e. The van der Waals surface area contributed by atoms with Gasteiger partial charge in [-0.1, -0.05) is 20.8 Å². The van der Waals surface area contributed by atoms with Crippen molar-refractivity contribution in [2.45, 2.75) is 37.3 Å². The Morgan fingerprint density at radius 1 is 1.29 bits per heavy atom. The number of aryl methyl sites for hydroxylation is 1. The number of rotatable bonds is 1. The van der Waals surface area contributed by atoms with Crippen LogP contribution >= 0.6 is 11.8 Å². The molecule has 0 fully saturated rings. The van der Waals surface area contributed by atoms with Gasteiger partial charge >= 0.3 is 0 Å². The first-order chi connectivity index (χ1) is 6.29. The Morgan fingerprint density at radius 2 is 1.86 bits per heavy atom. The Balaban J connectivity index is 3.04. The van der Waals surface area contributed by atoms with Gasteiger partial charge < -0.3 is 5.73 Å². The SMILES string of the molecule is Cc1cc(SC(C)(C)C)c(F)cc1N. The summed E-state index contributed by atoms with van der Waals surface area (Å²) in [4.78, 5) is 0.671. The molecule has 0 amide bonds. The van der Waals surface area contributed by atoms with E-state index >= 15 is 0 Å². The molecule has 3 heteroatoms. The fourth-order valence-corrected chi connectivity index (χ4v) is 2.13. The van der Waals surface area contributed by atoms with E-state index in [0.29, 0.717) is 10.6 Å². The topological polar surface area (TPSA) is 26.0 Å². The molecule has 0 aliphatic carbocycles. The molecule has 0 unspecified atom stereocenters. The molecule has 0 bridgehead atoms. The van der Waals surface area contributed by atoms with Gasteiger partial charge in [0.2, 0.25) is 0 Å². The Labute approximate surface area is 88.9 Å². The van der Waals surface area contributed by atoms with Crippen LogP contribution in [-0.4, -0.2) is 4.75 Å². The number of anilines is 1. The summed E-state index contributed by atoms with van der Waals surface area (Å²) in [5.41, 5.74) is 7.05. The lowest BCUT2D eigenvalue weighted by Gasteiger charge is -2.18. The third kappa shape index (κ3) is 2.91. The second kappa shape index (κ2) is 3.81. The second-order valence-electron chi connectivity index (χ2n) is 4.35. The first kappa shape index (κ1) is 11.4. The standard InChI is InChI=1S/C11H16FNS/c1-7-5-10(14-11(2,3)4)8(12)6-9(7)13/h5-6H,13H2,1-4H3. The third-order valence-electron chi connectivity index (χ3n) is 1.74. The molecule has 14 heavy (non-hydrogen) atoms. The number of thioether (sulfide) groups is 1. The van der Waals surface area contributed by atoms with Gasteiger partial charge in [0.15, 0.2) is 0 Å². The van der Waals surface area contributed by atoms with E-state index in [4.69, 9.17) is 5.73 Å². The van der Waals surface area contributed by atoms with Crippen molar-refractivity contribution in [2.75, 3.05) is 5.73 Å². The molecule has 1 rings (SSSR count). The van der Waals surface area contributed by atoms with Gasteiger partial charge in [-0.05, 0) is 24.6 Å². The average Bonchev–Trinajstić information content (AvgIpc) is 1.97. The van der Waals surface area contributed by atoms with E-state index in [1.54, 1.807) is 6.07 Å². The van der Waals surface area contributed by atoms with E-state index < -0.39 is 0 Å². The summed E-state index contributed by atoms with van der Waals surface area (Å²) in [7, 11) is 0. The van der Waals surface area contributed by atoms with Crippen molar-refractivity contribution >= 4 is 17.4 Å². The molecule has 0 radical (unpaired) electrons. The van der Waals surface area contributed by atoms with Crippen LogP contribution in [0, 0.1) is 12.7 Å². The molecule has 0 heterocycles. The van der Waals surface area contributed by atoms with E-state index in [0.717, 1.165) is 5.56 Å². The molecule has 0 aliphatic heterocycles. The number of nitrogen functional groups attached to an aromatic ring is 1. The second-order valence-corrected chi connectivity index (χ2v) is 6.22. The molecule has 0 aromatic heterocycles. The van der Waals surface area contributed by atoms with Crippen molar-refractivity contribution in [1.29, 1.82) is 0 Å². The van der Waals surface area contributed by atoms with Gasteiger partial charge in [-0.2, -0.15) is 0 Å². The monoisotopic (exact) mass is 213 g/mol. The van der Waals surface area contributed by atoms with Crippen molar-refractivity contribution in [2.24, 2.45) is 0 Å². The van der Waals surface area contributed by atoms with Crippen LogP contribution in [0.2, 0.25) is 0 Å². The maximum absolute atomic E-state index is 13.5. The fourth-order valence-electron chi connectivity index (χ4n) is 1.08. The highest BCUT2D eigenvalue weighted by molar-refractivity contribution is 8.00. The lowest BCUT2D eigenvalue weighted by atomic mass is 10.2. The fraction of sp³-hybridized carbons (Fsp3) is 0.455. The quantitative estimate of drug-likeness (QED) is 0.569. The van der Waals surface area contributed by atoms with Crippen molar-refractivity contribution in [3.63, 3.8) is 0 Å². The molecular weight excluding hydrogens is 197 g/mol. The Bertz CT molecular complexity index is 342. The molecule has 0 spiro atoms. The Hall–Kier alpha value is -0.700. The van der Waals surface area contributed by atoms with Crippen LogP contribution in [0.15, 0.2) is 17.0 Å². The summed E-state index contributed by atoms with van der Waals surface area (Å²) in [5.74, 6) is -0.229. The van der Waals surface area contributed by atoms with E-state index in [1.165, 1.54) is 17.8 Å². The number of benzene rings is 1. The molecule has 1 aromatic carbocycles. The summed E-state index contributed by atoms with van der Waals surface area (Å²) < 4.78 is 13.5. The summed E-state index contributed by atoms with van der Waals surface area (Å²) in [6.07, 6.45) is 0. The smallest absolute Gasteiger partial charge is 0.138 e. The molecule has 2 N–H and O–H groups in total. The van der Waals surface area contributed by atoms with Crippen LogP contribution in [0.25, 0.3) is 0 Å². The van der Waals surface area contributed by atoms with Crippen LogP contribution in [0.5, 0.6) is 0 Å². The van der Waals surface area contributed by atoms with Crippen LogP contribution in [0.3, 0.4) is 0 Å². The minimum Gasteiger partial charge on any atom is -0.398 e. The number of hydrogen-bond donors (Lipinski definition) is 1. The number of nitrogens with two attached hydrogens (primary N) is 1. The summed E-state index contributed by atoms with van der Waals surface area (Å²) in [6.45, 7) is 8.07. The molecule has 0 atom stereocenters. The predicted octanol–water partition coefficient (Wildman–Crippen LogP) is 3.61. The van der Waals surface area contributed by atoms with Gasteiger partial charge in [0, 0.05) is 15.3 Å². The third-order valence-corrected chi connectivity index (χ3v) is 2.88. The lowest BCUT2D eigenvalue weighted by Crippen LogP contribution is -2.07. The van der Waals surface area contributed by atoms with Gasteiger partial charge in [0.1, 0.15) is 5.82 Å². The van der Waals surface area contributed by atoms with E-state index in [-0.39, 0.29) is 10.6 Å². The molecule has 1 aromatic rings. The Morgan fingerprint density at radius 3 is 2.36 bits per heavy atom. The first-order valence-electron chi connectivity index (χ1n) is 4.54. The Kier molecular flexibility index (Phi) is 3.10. The van der Waals surface area contributed by atoms with Gasteiger partial charge in [-0.3, -0.25) is 0 Å². The molecule has 0 saturated heterocycles. The van der Waals surface area contributed by atoms with Crippen molar-refractivity contribution in [3.05, 3.63) is 23.5 Å². The number of hydrogen-bond acceptors (Lipinski definition) is 2.